The highest BCUT2D eigenvalue weighted by Gasteiger charge is 2.27. The van der Waals surface area contributed by atoms with E-state index >= 15 is 0 Å². The van der Waals surface area contributed by atoms with E-state index in [1.54, 1.807) is 42.5 Å². The summed E-state index contributed by atoms with van der Waals surface area (Å²) in [5, 5.41) is 8.21. The van der Waals surface area contributed by atoms with Crippen molar-refractivity contribution < 1.29 is 23.9 Å². The average Bonchev–Trinajstić information content (AvgIpc) is 3.02. The van der Waals surface area contributed by atoms with E-state index in [0.29, 0.717) is 41.7 Å². The van der Waals surface area contributed by atoms with Crippen molar-refractivity contribution in [2.45, 2.75) is 25.3 Å². The predicted octanol–water partition coefficient (Wildman–Crippen LogP) is 2.32. The summed E-state index contributed by atoms with van der Waals surface area (Å²) >= 11 is 0. The average molecular weight is 395 g/mol. The van der Waals surface area contributed by atoms with E-state index in [0.717, 1.165) is 6.42 Å². The van der Waals surface area contributed by atoms with Gasteiger partial charge in [0, 0.05) is 24.6 Å². The maximum absolute atomic E-state index is 12.4. The van der Waals surface area contributed by atoms with Crippen LogP contribution < -0.4 is 25.4 Å². The minimum Gasteiger partial charge on any atom is -0.490 e. The van der Waals surface area contributed by atoms with Crippen LogP contribution in [0.15, 0.2) is 42.5 Å². The van der Waals surface area contributed by atoms with Gasteiger partial charge in [0.15, 0.2) is 11.5 Å². The lowest BCUT2D eigenvalue weighted by molar-refractivity contribution is -0.118. The topological polar surface area (TPSA) is 106 Å². The molecular formula is C21H21N3O5. The lowest BCUT2D eigenvalue weighted by Crippen LogP contribution is -2.41. The van der Waals surface area contributed by atoms with Crippen LogP contribution >= 0.6 is 0 Å². The molecule has 0 radical (unpaired) electrons. The van der Waals surface area contributed by atoms with Crippen molar-refractivity contribution in [2.24, 2.45) is 0 Å². The molecule has 2 heterocycles. The van der Waals surface area contributed by atoms with Crippen LogP contribution in [-0.2, 0) is 9.59 Å². The lowest BCUT2D eigenvalue weighted by atomic mass is 10.1. The van der Waals surface area contributed by atoms with Gasteiger partial charge in [-0.2, -0.15) is 0 Å². The molecule has 29 heavy (non-hydrogen) atoms. The molecule has 3 N–H and O–H groups in total. The van der Waals surface area contributed by atoms with E-state index in [-0.39, 0.29) is 30.6 Å². The van der Waals surface area contributed by atoms with Gasteiger partial charge in [-0.05, 0) is 30.7 Å². The minimum atomic E-state index is -0.788. The summed E-state index contributed by atoms with van der Waals surface area (Å²) in [5.74, 6) is 0.300. The molecule has 150 valence electrons. The largest absolute Gasteiger partial charge is 0.490 e. The molecule has 0 saturated heterocycles. The van der Waals surface area contributed by atoms with Crippen LogP contribution in [0.25, 0.3) is 0 Å². The summed E-state index contributed by atoms with van der Waals surface area (Å²) in [6.07, 6.45) is 1.06. The number of anilines is 2. The number of para-hydroxylation sites is 1. The maximum Gasteiger partial charge on any atom is 0.254 e. The second-order valence-electron chi connectivity index (χ2n) is 6.86. The zero-order valence-corrected chi connectivity index (χ0v) is 15.7. The Morgan fingerprint density at radius 2 is 1.86 bits per heavy atom. The maximum atomic E-state index is 12.4. The Bertz CT molecular complexity index is 959. The molecule has 2 aromatic rings. The first-order valence-electron chi connectivity index (χ1n) is 9.50. The van der Waals surface area contributed by atoms with Crippen LogP contribution in [0.1, 0.15) is 29.6 Å². The van der Waals surface area contributed by atoms with Gasteiger partial charge in [0.1, 0.15) is 6.04 Å². The summed E-state index contributed by atoms with van der Waals surface area (Å²) in [5.41, 5.74) is 1.45. The Morgan fingerprint density at radius 3 is 2.72 bits per heavy atom. The zero-order valence-electron chi connectivity index (χ0n) is 15.7. The molecule has 2 aromatic carbocycles. The molecule has 0 bridgehead atoms. The van der Waals surface area contributed by atoms with E-state index in [4.69, 9.17) is 9.47 Å². The van der Waals surface area contributed by atoms with Crippen LogP contribution in [-0.4, -0.2) is 37.0 Å². The summed E-state index contributed by atoms with van der Waals surface area (Å²) in [7, 11) is 0. The first kappa shape index (κ1) is 18.8. The molecule has 1 atom stereocenters. The van der Waals surface area contributed by atoms with Crippen LogP contribution in [0.3, 0.4) is 0 Å². The van der Waals surface area contributed by atoms with Crippen molar-refractivity contribution in [1.29, 1.82) is 0 Å². The second kappa shape index (κ2) is 8.22. The van der Waals surface area contributed by atoms with Gasteiger partial charge < -0.3 is 25.4 Å². The summed E-state index contributed by atoms with van der Waals surface area (Å²) in [4.78, 5) is 37.1. The van der Waals surface area contributed by atoms with E-state index in [2.05, 4.69) is 16.0 Å². The monoisotopic (exact) mass is 395 g/mol. The lowest BCUT2D eigenvalue weighted by Gasteiger charge is -2.15. The highest BCUT2D eigenvalue weighted by atomic mass is 16.5. The Balaban J connectivity index is 1.36. The van der Waals surface area contributed by atoms with Crippen LogP contribution in [0.2, 0.25) is 0 Å². The third kappa shape index (κ3) is 4.31. The fourth-order valence-corrected chi connectivity index (χ4v) is 3.25. The van der Waals surface area contributed by atoms with Gasteiger partial charge in [0.05, 0.1) is 24.5 Å². The third-order valence-corrected chi connectivity index (χ3v) is 4.74. The number of carbonyl (C=O) groups excluding carboxylic acids is 3. The number of carbonyl (C=O) groups is 3. The molecule has 0 fully saturated rings. The van der Waals surface area contributed by atoms with Crippen molar-refractivity contribution in [3.63, 3.8) is 0 Å². The standard InChI is InChI=1S/C21H21N3O5/c25-19(22-13-6-8-17-18(12-13)29-11-3-10-28-17)9-7-16-21(27)23-15-5-2-1-4-14(15)20(26)24-16/h1-2,4-6,8,12,16H,3,7,9-11H2,(H,22,25)(H,23,27)(H,24,26)/t16-/m0/s1. The summed E-state index contributed by atoms with van der Waals surface area (Å²) in [6, 6.07) is 11.2. The summed E-state index contributed by atoms with van der Waals surface area (Å²) < 4.78 is 11.2. The number of hydrogen-bond donors (Lipinski definition) is 3. The summed E-state index contributed by atoms with van der Waals surface area (Å²) in [6.45, 7) is 1.15. The molecule has 0 aromatic heterocycles. The number of amides is 3. The minimum absolute atomic E-state index is 0.0726. The van der Waals surface area contributed by atoms with Gasteiger partial charge in [0.25, 0.3) is 5.91 Å². The van der Waals surface area contributed by atoms with Gasteiger partial charge in [-0.15, -0.1) is 0 Å². The third-order valence-electron chi connectivity index (χ3n) is 4.74. The highest BCUT2D eigenvalue weighted by molar-refractivity contribution is 6.10. The SMILES string of the molecule is O=C(CC[C@@H]1NC(=O)c2ccccc2NC1=O)Nc1ccc2c(c1)OCCCO2. The predicted molar refractivity (Wildman–Crippen MR) is 106 cm³/mol. The van der Waals surface area contributed by atoms with Crippen LogP contribution in [0.4, 0.5) is 11.4 Å². The number of benzene rings is 2. The first-order chi connectivity index (χ1) is 14.1. The normalized spacial score (nSPS) is 17.9. The molecule has 2 aliphatic rings. The number of hydrogen-bond acceptors (Lipinski definition) is 5. The molecule has 0 saturated carbocycles. The first-order valence-corrected chi connectivity index (χ1v) is 9.50. The molecule has 0 spiro atoms. The Kier molecular flexibility index (Phi) is 5.33. The van der Waals surface area contributed by atoms with Gasteiger partial charge >= 0.3 is 0 Å². The fraction of sp³-hybridized carbons (Fsp3) is 0.286. The van der Waals surface area contributed by atoms with Crippen LogP contribution in [0, 0.1) is 0 Å². The Hall–Kier alpha value is -3.55. The Labute approximate surface area is 167 Å². The van der Waals surface area contributed by atoms with E-state index in [9.17, 15) is 14.4 Å². The van der Waals surface area contributed by atoms with Gasteiger partial charge in [-0.3, -0.25) is 14.4 Å². The molecule has 8 heteroatoms. The fourth-order valence-electron chi connectivity index (χ4n) is 3.25. The molecule has 8 nitrogen and oxygen atoms in total. The highest BCUT2D eigenvalue weighted by Crippen LogP contribution is 2.32. The number of rotatable bonds is 4. The van der Waals surface area contributed by atoms with Crippen molar-refractivity contribution in [1.82, 2.24) is 5.32 Å². The van der Waals surface area contributed by atoms with Crippen molar-refractivity contribution >= 4 is 29.1 Å². The Morgan fingerprint density at radius 1 is 1.07 bits per heavy atom. The van der Waals surface area contributed by atoms with E-state index in [1.807, 2.05) is 0 Å². The molecule has 0 aliphatic carbocycles. The van der Waals surface area contributed by atoms with E-state index < -0.39 is 6.04 Å². The second-order valence-corrected chi connectivity index (χ2v) is 6.86. The zero-order chi connectivity index (χ0) is 20.2. The van der Waals surface area contributed by atoms with E-state index in [1.165, 1.54) is 0 Å². The molecular weight excluding hydrogens is 374 g/mol. The molecule has 0 unspecified atom stereocenters. The van der Waals surface area contributed by atoms with Crippen molar-refractivity contribution in [3.05, 3.63) is 48.0 Å². The molecule has 2 aliphatic heterocycles. The molecule has 3 amide bonds. The number of nitrogens with one attached hydrogen (secondary N) is 3. The van der Waals surface area contributed by atoms with Crippen molar-refractivity contribution in [2.75, 3.05) is 23.8 Å². The smallest absolute Gasteiger partial charge is 0.254 e. The number of fused-ring (bicyclic) bond motifs is 2. The number of ether oxygens (including phenoxy) is 2. The van der Waals surface area contributed by atoms with Gasteiger partial charge in [-0.25, -0.2) is 0 Å². The van der Waals surface area contributed by atoms with Gasteiger partial charge in [0.2, 0.25) is 11.8 Å². The van der Waals surface area contributed by atoms with Crippen LogP contribution in [0.5, 0.6) is 11.5 Å². The quantitative estimate of drug-likeness (QED) is 0.737. The van der Waals surface area contributed by atoms with Crippen molar-refractivity contribution in [3.8, 4) is 11.5 Å². The molecule has 4 rings (SSSR count). The van der Waals surface area contributed by atoms with Gasteiger partial charge in [-0.1, -0.05) is 12.1 Å².